The first kappa shape index (κ1) is 20.1. The average molecular weight is 426 g/mol. The first-order valence-corrected chi connectivity index (χ1v) is 11.2. The number of hydrogen-bond acceptors (Lipinski definition) is 6. The van der Waals surface area contributed by atoms with Crippen molar-refractivity contribution in [3.05, 3.63) is 47.0 Å². The van der Waals surface area contributed by atoms with Gasteiger partial charge in [-0.3, -0.25) is 14.4 Å². The van der Waals surface area contributed by atoms with Gasteiger partial charge in [-0.1, -0.05) is 18.1 Å². The molecule has 30 heavy (non-hydrogen) atoms. The van der Waals surface area contributed by atoms with Crippen molar-refractivity contribution < 1.29 is 27.1 Å². The Kier molecular flexibility index (Phi) is 5.05. The number of imide groups is 1. The molecule has 0 spiro atoms. The van der Waals surface area contributed by atoms with Gasteiger partial charge in [-0.05, 0) is 42.8 Å². The summed E-state index contributed by atoms with van der Waals surface area (Å²) in [5.74, 6) is 3.50. The zero-order valence-corrected chi connectivity index (χ0v) is 17.0. The number of likely N-dealkylation sites (tertiary alicyclic amines) is 1. The summed E-state index contributed by atoms with van der Waals surface area (Å²) >= 11 is 0. The fraction of sp³-hybridized carbons (Fsp3) is 0.286. The maximum Gasteiger partial charge on any atom is 0.298 e. The van der Waals surface area contributed by atoms with E-state index in [1.54, 1.807) is 23.1 Å². The second kappa shape index (κ2) is 7.55. The van der Waals surface area contributed by atoms with E-state index in [4.69, 9.17) is 0 Å². The summed E-state index contributed by atoms with van der Waals surface area (Å²) < 4.78 is 27.5. The molecule has 0 unspecified atom stereocenters. The van der Waals surface area contributed by atoms with Gasteiger partial charge in [0, 0.05) is 30.0 Å². The molecule has 2 aromatic carbocycles. The van der Waals surface area contributed by atoms with Crippen LogP contribution in [-0.2, 0) is 19.2 Å². The van der Waals surface area contributed by atoms with Gasteiger partial charge in [-0.15, -0.1) is 9.35 Å². The number of rotatable bonds is 2. The minimum atomic E-state index is -4.08. The number of carbonyl (C=O) groups is 3. The normalized spacial score (nSPS) is 16.4. The zero-order valence-electron chi connectivity index (χ0n) is 16.2. The molecule has 1 saturated heterocycles. The molecule has 9 heteroatoms. The van der Waals surface area contributed by atoms with Crippen LogP contribution in [0.4, 0.5) is 0 Å². The Balaban J connectivity index is 1.76. The van der Waals surface area contributed by atoms with Gasteiger partial charge in [0.2, 0.25) is 0 Å². The third-order valence-electron chi connectivity index (χ3n) is 5.03. The Labute approximate surface area is 173 Å². The van der Waals surface area contributed by atoms with Crippen molar-refractivity contribution in [2.75, 3.05) is 19.3 Å². The highest BCUT2D eigenvalue weighted by atomic mass is 32.2. The van der Waals surface area contributed by atoms with Gasteiger partial charge in [0.25, 0.3) is 27.8 Å². The van der Waals surface area contributed by atoms with E-state index in [9.17, 15) is 22.8 Å². The predicted octanol–water partition coefficient (Wildman–Crippen LogP) is 1.69. The van der Waals surface area contributed by atoms with Crippen LogP contribution in [0.15, 0.2) is 30.3 Å². The summed E-state index contributed by atoms with van der Waals surface area (Å²) in [5, 5.41) is 1.14. The molecule has 8 nitrogen and oxygen atoms in total. The number of nitrogens with zero attached hydrogens (tertiary/aromatic N) is 2. The Morgan fingerprint density at radius 2 is 1.67 bits per heavy atom. The van der Waals surface area contributed by atoms with E-state index < -0.39 is 21.9 Å². The molecule has 2 heterocycles. The van der Waals surface area contributed by atoms with Gasteiger partial charge in [-0.25, -0.2) is 0 Å². The molecule has 0 atom stereocenters. The van der Waals surface area contributed by atoms with E-state index in [0.717, 1.165) is 25.5 Å². The van der Waals surface area contributed by atoms with Crippen molar-refractivity contribution >= 4 is 38.6 Å². The van der Waals surface area contributed by atoms with Gasteiger partial charge < -0.3 is 4.90 Å². The topological polar surface area (TPSA) is 101 Å². The quantitative estimate of drug-likeness (QED) is 0.535. The predicted molar refractivity (Wildman–Crippen MR) is 108 cm³/mol. The summed E-state index contributed by atoms with van der Waals surface area (Å²) in [4.78, 5) is 39.5. The van der Waals surface area contributed by atoms with Crippen LogP contribution in [0, 0.1) is 11.8 Å². The lowest BCUT2D eigenvalue weighted by Crippen LogP contribution is -2.41. The van der Waals surface area contributed by atoms with Gasteiger partial charge in [0.05, 0.1) is 17.4 Å². The van der Waals surface area contributed by atoms with Crippen LogP contribution in [0.5, 0.6) is 0 Å². The Morgan fingerprint density at radius 3 is 2.33 bits per heavy atom. The van der Waals surface area contributed by atoms with Crippen molar-refractivity contribution in [3.63, 3.8) is 0 Å². The van der Waals surface area contributed by atoms with Crippen LogP contribution in [0.25, 0.3) is 10.8 Å². The zero-order chi connectivity index (χ0) is 21.5. The van der Waals surface area contributed by atoms with Gasteiger partial charge in [-0.2, -0.15) is 8.42 Å². The molecule has 154 valence electrons. The molecule has 1 fully saturated rings. The number of hydrogen-bond donors (Lipinski definition) is 0. The van der Waals surface area contributed by atoms with Crippen molar-refractivity contribution in [1.82, 2.24) is 9.96 Å². The third-order valence-corrected chi connectivity index (χ3v) is 5.45. The SMILES string of the molecule is CS(=O)(=O)ON1C(=O)c2cccc3c(C#CC(=O)N4CCCCC4)ccc(c23)C1=O. The molecule has 3 amide bonds. The molecule has 0 aliphatic carbocycles. The summed E-state index contributed by atoms with van der Waals surface area (Å²) in [6.07, 6.45) is 3.78. The van der Waals surface area contributed by atoms with Crippen LogP contribution in [0.1, 0.15) is 45.5 Å². The molecule has 2 aliphatic heterocycles. The van der Waals surface area contributed by atoms with Gasteiger partial charge >= 0.3 is 0 Å². The Hall–Kier alpha value is -3.22. The minimum absolute atomic E-state index is 0.122. The fourth-order valence-corrected chi connectivity index (χ4v) is 4.09. The molecule has 0 radical (unpaired) electrons. The van der Waals surface area contributed by atoms with Crippen molar-refractivity contribution in [1.29, 1.82) is 0 Å². The highest BCUT2D eigenvalue weighted by molar-refractivity contribution is 7.85. The maximum atomic E-state index is 12.7. The second-order valence-electron chi connectivity index (χ2n) is 7.18. The van der Waals surface area contributed by atoms with E-state index in [1.165, 1.54) is 12.1 Å². The van der Waals surface area contributed by atoms with E-state index in [-0.39, 0.29) is 22.1 Å². The minimum Gasteiger partial charge on any atom is -0.332 e. The lowest BCUT2D eigenvalue weighted by atomic mass is 9.92. The maximum absolute atomic E-state index is 12.7. The number of amides is 3. The van der Waals surface area contributed by atoms with Crippen LogP contribution < -0.4 is 0 Å². The van der Waals surface area contributed by atoms with Crippen molar-refractivity contribution in [2.45, 2.75) is 19.3 Å². The van der Waals surface area contributed by atoms with Gasteiger partial charge in [0.1, 0.15) is 0 Å². The smallest absolute Gasteiger partial charge is 0.298 e. The monoisotopic (exact) mass is 426 g/mol. The highest BCUT2D eigenvalue weighted by Gasteiger charge is 2.36. The second-order valence-corrected chi connectivity index (χ2v) is 8.73. The number of carbonyl (C=O) groups excluding carboxylic acids is 3. The molecule has 4 rings (SSSR count). The molecule has 2 aliphatic rings. The molecular formula is C21H18N2O6S. The van der Waals surface area contributed by atoms with Crippen LogP contribution >= 0.6 is 0 Å². The molecular weight excluding hydrogens is 408 g/mol. The summed E-state index contributed by atoms with van der Waals surface area (Å²) in [6, 6.07) is 7.81. The first-order valence-electron chi connectivity index (χ1n) is 9.41. The summed E-state index contributed by atoms with van der Waals surface area (Å²) in [7, 11) is -4.08. The fourth-order valence-electron chi connectivity index (χ4n) is 3.68. The largest absolute Gasteiger partial charge is 0.332 e. The number of benzene rings is 2. The Morgan fingerprint density at radius 1 is 1.00 bits per heavy atom. The van der Waals surface area contributed by atoms with Crippen molar-refractivity contribution in [3.8, 4) is 11.8 Å². The first-order chi connectivity index (χ1) is 14.3. The standard InChI is InChI=1S/C21H18N2O6S/c1-30(27,28)29-23-20(25)16-7-5-6-15-14(8-10-17(19(15)16)21(23)26)9-11-18(24)22-12-3-2-4-13-22/h5-8,10H,2-4,12-13H2,1H3. The van der Waals surface area contributed by atoms with E-state index >= 15 is 0 Å². The number of piperidine rings is 1. The van der Waals surface area contributed by atoms with Gasteiger partial charge in [0.15, 0.2) is 0 Å². The van der Waals surface area contributed by atoms with Crippen LogP contribution in [-0.4, -0.2) is 55.4 Å². The van der Waals surface area contributed by atoms with Crippen LogP contribution in [0.2, 0.25) is 0 Å². The van der Waals surface area contributed by atoms with E-state index in [0.29, 0.717) is 29.4 Å². The number of hydroxylamine groups is 2. The highest BCUT2D eigenvalue weighted by Crippen LogP contribution is 2.32. The summed E-state index contributed by atoms with van der Waals surface area (Å²) in [5.41, 5.74) is 0.743. The van der Waals surface area contributed by atoms with E-state index in [2.05, 4.69) is 16.1 Å². The van der Waals surface area contributed by atoms with Crippen LogP contribution in [0.3, 0.4) is 0 Å². The summed E-state index contributed by atoms with van der Waals surface area (Å²) in [6.45, 7) is 1.38. The molecule has 0 bridgehead atoms. The molecule has 0 aromatic heterocycles. The molecule has 0 N–H and O–H groups in total. The lowest BCUT2D eigenvalue weighted by molar-refractivity contribution is -0.125. The van der Waals surface area contributed by atoms with Crippen molar-refractivity contribution in [2.24, 2.45) is 0 Å². The van der Waals surface area contributed by atoms with E-state index in [1.807, 2.05) is 0 Å². The third kappa shape index (κ3) is 3.67. The Bertz CT molecular complexity index is 1230. The molecule has 2 aromatic rings. The lowest BCUT2D eigenvalue weighted by Gasteiger charge is -2.25. The average Bonchev–Trinajstić information content (AvgIpc) is 2.73. The molecule has 0 saturated carbocycles.